The fourth-order valence-corrected chi connectivity index (χ4v) is 3.11. The number of benzene rings is 3. The number of hydrogen-bond donors (Lipinski definition) is 2. The van der Waals surface area contributed by atoms with Crippen LogP contribution in [0.15, 0.2) is 60.7 Å². The maximum atomic E-state index is 12.4. The zero-order valence-corrected chi connectivity index (χ0v) is 13.2. The number of hydrogen-bond acceptors (Lipinski definition) is 3. The van der Waals surface area contributed by atoms with Crippen molar-refractivity contribution in [1.29, 1.82) is 0 Å². The molecule has 25 heavy (non-hydrogen) atoms. The van der Waals surface area contributed by atoms with E-state index in [9.17, 15) is 14.4 Å². The van der Waals surface area contributed by atoms with E-state index in [2.05, 4.69) is 10.6 Å². The van der Waals surface area contributed by atoms with Gasteiger partial charge in [-0.1, -0.05) is 42.5 Å². The van der Waals surface area contributed by atoms with E-state index in [1.165, 1.54) is 0 Å². The summed E-state index contributed by atoms with van der Waals surface area (Å²) in [5.74, 6) is -0.995. The van der Waals surface area contributed by atoms with Crippen molar-refractivity contribution in [3.63, 3.8) is 0 Å². The first-order valence-corrected chi connectivity index (χ1v) is 7.88. The summed E-state index contributed by atoms with van der Waals surface area (Å²) in [6, 6.07) is 18.0. The van der Waals surface area contributed by atoms with Gasteiger partial charge in [-0.2, -0.15) is 0 Å². The Labute approximate surface area is 143 Å². The SMILES string of the molecule is O=C(Cc1ccccc1)Nc1ccc2c3c(cccc13)C(=O)NC2=O. The molecular weight excluding hydrogens is 316 g/mol. The maximum absolute atomic E-state index is 12.4. The van der Waals surface area contributed by atoms with Crippen molar-refractivity contribution >= 4 is 34.2 Å². The molecule has 5 nitrogen and oxygen atoms in total. The normalized spacial score (nSPS) is 12.8. The van der Waals surface area contributed by atoms with Gasteiger partial charge in [0.05, 0.1) is 6.42 Å². The van der Waals surface area contributed by atoms with Gasteiger partial charge in [-0.15, -0.1) is 0 Å². The van der Waals surface area contributed by atoms with Gasteiger partial charge in [-0.3, -0.25) is 19.7 Å². The zero-order chi connectivity index (χ0) is 17.4. The average molecular weight is 330 g/mol. The summed E-state index contributed by atoms with van der Waals surface area (Å²) >= 11 is 0. The van der Waals surface area contributed by atoms with Crippen LogP contribution in [0.25, 0.3) is 10.8 Å². The van der Waals surface area contributed by atoms with Crippen LogP contribution >= 0.6 is 0 Å². The highest BCUT2D eigenvalue weighted by atomic mass is 16.2. The van der Waals surface area contributed by atoms with Crippen molar-refractivity contribution in [2.24, 2.45) is 0 Å². The van der Waals surface area contributed by atoms with E-state index in [0.29, 0.717) is 27.6 Å². The molecule has 0 saturated heterocycles. The van der Waals surface area contributed by atoms with E-state index < -0.39 is 11.8 Å². The molecule has 0 fully saturated rings. The van der Waals surface area contributed by atoms with Crippen molar-refractivity contribution in [2.75, 3.05) is 5.32 Å². The number of anilines is 1. The summed E-state index contributed by atoms with van der Waals surface area (Å²) in [7, 11) is 0. The monoisotopic (exact) mass is 330 g/mol. The summed E-state index contributed by atoms with van der Waals surface area (Å²) < 4.78 is 0. The Kier molecular flexibility index (Phi) is 3.54. The predicted molar refractivity (Wildman–Crippen MR) is 94.5 cm³/mol. The molecule has 1 heterocycles. The minimum Gasteiger partial charge on any atom is -0.325 e. The number of amides is 3. The second-order valence-corrected chi connectivity index (χ2v) is 5.88. The lowest BCUT2D eigenvalue weighted by atomic mass is 9.94. The Bertz CT molecular complexity index is 1010. The number of carbonyl (C=O) groups is 3. The molecule has 0 atom stereocenters. The molecule has 122 valence electrons. The molecule has 0 radical (unpaired) electrons. The Morgan fingerprint density at radius 3 is 2.32 bits per heavy atom. The van der Waals surface area contributed by atoms with Crippen LogP contribution in [-0.4, -0.2) is 17.7 Å². The summed E-state index contributed by atoms with van der Waals surface area (Å²) in [6.45, 7) is 0. The molecule has 0 unspecified atom stereocenters. The van der Waals surface area contributed by atoms with Crippen molar-refractivity contribution in [2.45, 2.75) is 6.42 Å². The van der Waals surface area contributed by atoms with E-state index in [0.717, 1.165) is 5.56 Å². The molecular formula is C20H14N2O3. The van der Waals surface area contributed by atoms with Crippen LogP contribution in [0.1, 0.15) is 26.3 Å². The Morgan fingerprint density at radius 2 is 1.56 bits per heavy atom. The third-order valence-electron chi connectivity index (χ3n) is 4.24. The second kappa shape index (κ2) is 5.87. The average Bonchev–Trinajstić information content (AvgIpc) is 2.61. The molecule has 3 amide bonds. The third-order valence-corrected chi connectivity index (χ3v) is 4.24. The van der Waals surface area contributed by atoms with Crippen LogP contribution in [-0.2, 0) is 11.2 Å². The first-order valence-electron chi connectivity index (χ1n) is 7.88. The Morgan fingerprint density at radius 1 is 0.840 bits per heavy atom. The van der Waals surface area contributed by atoms with Crippen LogP contribution in [0.5, 0.6) is 0 Å². The molecule has 0 aliphatic carbocycles. The fourth-order valence-electron chi connectivity index (χ4n) is 3.11. The van der Waals surface area contributed by atoms with Gasteiger partial charge in [0.15, 0.2) is 0 Å². The second-order valence-electron chi connectivity index (χ2n) is 5.88. The molecule has 4 rings (SSSR count). The third kappa shape index (κ3) is 2.65. The van der Waals surface area contributed by atoms with Gasteiger partial charge < -0.3 is 5.32 Å². The van der Waals surface area contributed by atoms with E-state index >= 15 is 0 Å². The van der Waals surface area contributed by atoms with Gasteiger partial charge in [-0.05, 0) is 23.8 Å². The van der Waals surface area contributed by atoms with Crippen molar-refractivity contribution in [1.82, 2.24) is 5.32 Å². The fraction of sp³-hybridized carbons (Fsp3) is 0.0500. The molecule has 1 aliphatic rings. The molecule has 1 aliphatic heterocycles. The molecule has 3 aromatic rings. The Balaban J connectivity index is 1.72. The highest BCUT2D eigenvalue weighted by molar-refractivity contribution is 6.27. The molecule has 5 heteroatoms. The largest absolute Gasteiger partial charge is 0.325 e. The summed E-state index contributed by atoms with van der Waals surface area (Å²) in [6.07, 6.45) is 0.253. The molecule has 0 bridgehead atoms. The van der Waals surface area contributed by atoms with Gasteiger partial charge in [-0.25, -0.2) is 0 Å². The number of rotatable bonds is 3. The first kappa shape index (κ1) is 15.1. The first-order chi connectivity index (χ1) is 12.1. The van der Waals surface area contributed by atoms with Gasteiger partial charge in [0, 0.05) is 27.6 Å². The van der Waals surface area contributed by atoms with Crippen LogP contribution in [0.3, 0.4) is 0 Å². The minimum absolute atomic E-state index is 0.154. The zero-order valence-electron chi connectivity index (χ0n) is 13.2. The van der Waals surface area contributed by atoms with Gasteiger partial charge in [0.25, 0.3) is 11.8 Å². The summed E-state index contributed by atoms with van der Waals surface area (Å²) in [5.41, 5.74) is 2.37. The lowest BCUT2D eigenvalue weighted by Gasteiger charge is -2.18. The Hall–Kier alpha value is -3.47. The topological polar surface area (TPSA) is 75.3 Å². The van der Waals surface area contributed by atoms with Crippen LogP contribution in [0.4, 0.5) is 5.69 Å². The highest BCUT2D eigenvalue weighted by Gasteiger charge is 2.25. The molecule has 0 spiro atoms. The van der Waals surface area contributed by atoms with E-state index in [-0.39, 0.29) is 12.3 Å². The number of carbonyl (C=O) groups excluding carboxylic acids is 3. The van der Waals surface area contributed by atoms with Crippen LogP contribution < -0.4 is 10.6 Å². The highest BCUT2D eigenvalue weighted by Crippen LogP contribution is 2.31. The minimum atomic E-state index is -0.420. The van der Waals surface area contributed by atoms with Gasteiger partial charge in [0.2, 0.25) is 5.91 Å². The lowest BCUT2D eigenvalue weighted by molar-refractivity contribution is -0.115. The molecule has 2 N–H and O–H groups in total. The van der Waals surface area contributed by atoms with Crippen LogP contribution in [0, 0.1) is 0 Å². The smallest absolute Gasteiger partial charge is 0.258 e. The van der Waals surface area contributed by atoms with E-state index in [4.69, 9.17) is 0 Å². The van der Waals surface area contributed by atoms with Gasteiger partial charge in [0.1, 0.15) is 0 Å². The van der Waals surface area contributed by atoms with E-state index in [1.807, 2.05) is 30.3 Å². The van der Waals surface area contributed by atoms with Crippen molar-refractivity contribution in [3.05, 3.63) is 77.4 Å². The predicted octanol–water partition coefficient (Wildman–Crippen LogP) is 2.90. The number of nitrogens with one attached hydrogen (secondary N) is 2. The maximum Gasteiger partial charge on any atom is 0.258 e. The van der Waals surface area contributed by atoms with Crippen molar-refractivity contribution in [3.8, 4) is 0 Å². The standard InChI is InChI=1S/C20H14N2O3/c23-17(11-12-5-2-1-3-6-12)21-16-10-9-15-18-13(16)7-4-8-14(18)19(24)22-20(15)25/h1-10H,11H2,(H,21,23)(H,22,24,25). The lowest BCUT2D eigenvalue weighted by Crippen LogP contribution is -2.34. The van der Waals surface area contributed by atoms with Crippen molar-refractivity contribution < 1.29 is 14.4 Å². The summed E-state index contributed by atoms with van der Waals surface area (Å²) in [5, 5.41) is 6.46. The van der Waals surface area contributed by atoms with Gasteiger partial charge >= 0.3 is 0 Å². The molecule has 0 saturated carbocycles. The quantitative estimate of drug-likeness (QED) is 0.725. The van der Waals surface area contributed by atoms with E-state index in [1.54, 1.807) is 30.3 Å². The molecule has 0 aromatic heterocycles. The molecule has 3 aromatic carbocycles. The number of imide groups is 1. The van der Waals surface area contributed by atoms with Crippen LogP contribution in [0.2, 0.25) is 0 Å². The summed E-state index contributed by atoms with van der Waals surface area (Å²) in [4.78, 5) is 36.4.